The molecule has 1 atom stereocenters. The van der Waals surface area contributed by atoms with Crippen molar-refractivity contribution in [2.24, 2.45) is 11.8 Å². The van der Waals surface area contributed by atoms with E-state index in [1.54, 1.807) is 0 Å². The van der Waals surface area contributed by atoms with Gasteiger partial charge in [0, 0.05) is 19.6 Å². The van der Waals surface area contributed by atoms with Crippen LogP contribution >= 0.6 is 0 Å². The van der Waals surface area contributed by atoms with Crippen LogP contribution in [0.25, 0.3) is 0 Å². The van der Waals surface area contributed by atoms with Crippen molar-refractivity contribution in [3.05, 3.63) is 0 Å². The van der Waals surface area contributed by atoms with Gasteiger partial charge in [-0.15, -0.1) is 0 Å². The Labute approximate surface area is 280 Å². The molecule has 0 aromatic rings. The van der Waals surface area contributed by atoms with Gasteiger partial charge in [0.1, 0.15) is 0 Å². The average molecular weight is 640 g/mol. The highest BCUT2D eigenvalue weighted by atomic mass is 16.5. The number of carbonyl (C=O) groups is 2. The van der Waals surface area contributed by atoms with Gasteiger partial charge in [-0.2, -0.15) is 0 Å². The van der Waals surface area contributed by atoms with Gasteiger partial charge in [-0.3, -0.25) is 9.59 Å². The van der Waals surface area contributed by atoms with Crippen molar-refractivity contribution in [2.45, 2.75) is 188 Å². The summed E-state index contributed by atoms with van der Waals surface area (Å²) in [5.74, 6) is 0.747. The van der Waals surface area contributed by atoms with Crippen LogP contribution in [0.4, 0.5) is 0 Å². The normalized spacial score (nSPS) is 12.2. The lowest BCUT2D eigenvalue weighted by atomic mass is 10.0. The fraction of sp³-hybridized carbons (Fsp3) is 0.949. The quantitative estimate of drug-likeness (QED) is 0.0549. The molecule has 1 unspecified atom stereocenters. The summed E-state index contributed by atoms with van der Waals surface area (Å²) in [6, 6.07) is 0. The third-order valence-corrected chi connectivity index (χ3v) is 8.93. The molecule has 0 saturated carbocycles. The number of nitrogens with zero attached hydrogens (tertiary/aromatic N) is 1. The van der Waals surface area contributed by atoms with Crippen molar-refractivity contribution in [2.75, 3.05) is 39.5 Å². The van der Waals surface area contributed by atoms with E-state index in [1.807, 2.05) is 6.92 Å². The number of esters is 2. The lowest BCUT2D eigenvalue weighted by Crippen LogP contribution is -2.28. The minimum atomic E-state index is -0.0295. The number of rotatable bonds is 35. The highest BCUT2D eigenvalue weighted by molar-refractivity contribution is 5.71. The van der Waals surface area contributed by atoms with E-state index in [0.717, 1.165) is 96.2 Å². The molecule has 0 bridgehead atoms. The second kappa shape index (κ2) is 34.2. The second-order valence-electron chi connectivity index (χ2n) is 14.0. The molecule has 0 aromatic heterocycles. The predicted molar refractivity (Wildman–Crippen MR) is 191 cm³/mol. The van der Waals surface area contributed by atoms with E-state index in [9.17, 15) is 14.7 Å². The van der Waals surface area contributed by atoms with Crippen molar-refractivity contribution in [3.63, 3.8) is 0 Å². The van der Waals surface area contributed by atoms with Crippen LogP contribution in [0.3, 0.4) is 0 Å². The van der Waals surface area contributed by atoms with Crippen LogP contribution in [0.2, 0.25) is 0 Å². The summed E-state index contributed by atoms with van der Waals surface area (Å²) in [6.07, 6.45) is 28.4. The summed E-state index contributed by atoms with van der Waals surface area (Å²) in [7, 11) is 0. The zero-order valence-corrected chi connectivity index (χ0v) is 30.6. The lowest BCUT2D eigenvalue weighted by Gasteiger charge is -2.22. The maximum atomic E-state index is 12.3. The predicted octanol–water partition coefficient (Wildman–Crippen LogP) is 10.4. The number of hydrogen-bond acceptors (Lipinski definition) is 6. The van der Waals surface area contributed by atoms with Gasteiger partial charge >= 0.3 is 11.9 Å². The van der Waals surface area contributed by atoms with Gasteiger partial charge < -0.3 is 19.5 Å². The van der Waals surface area contributed by atoms with E-state index in [2.05, 4.69) is 25.7 Å². The maximum Gasteiger partial charge on any atom is 0.308 e. The molecule has 6 nitrogen and oxygen atoms in total. The van der Waals surface area contributed by atoms with Crippen LogP contribution < -0.4 is 0 Å². The zero-order chi connectivity index (χ0) is 33.2. The molecule has 0 fully saturated rings. The summed E-state index contributed by atoms with van der Waals surface area (Å²) in [4.78, 5) is 26.7. The highest BCUT2D eigenvalue weighted by Crippen LogP contribution is 2.15. The van der Waals surface area contributed by atoms with Gasteiger partial charge in [0.15, 0.2) is 0 Å². The van der Waals surface area contributed by atoms with E-state index >= 15 is 0 Å². The van der Waals surface area contributed by atoms with Gasteiger partial charge in [-0.1, -0.05) is 137 Å². The molecule has 0 spiro atoms. The van der Waals surface area contributed by atoms with Crippen molar-refractivity contribution >= 4 is 11.9 Å². The highest BCUT2D eigenvalue weighted by Gasteiger charge is 2.14. The Bertz CT molecular complexity index is 641. The van der Waals surface area contributed by atoms with Crippen LogP contribution in [-0.4, -0.2) is 61.4 Å². The molecular weight excluding hydrogens is 562 g/mol. The first kappa shape index (κ1) is 43.9. The number of aliphatic hydroxyl groups excluding tert-OH is 1. The molecule has 0 saturated heterocycles. The van der Waals surface area contributed by atoms with Gasteiger partial charge in [-0.25, -0.2) is 0 Å². The summed E-state index contributed by atoms with van der Waals surface area (Å²) in [5, 5.41) is 9.31. The number of aliphatic hydroxyl groups is 1. The molecule has 45 heavy (non-hydrogen) atoms. The Morgan fingerprint density at radius 3 is 1.60 bits per heavy atom. The Morgan fingerprint density at radius 1 is 0.556 bits per heavy atom. The zero-order valence-electron chi connectivity index (χ0n) is 30.6. The van der Waals surface area contributed by atoms with Crippen molar-refractivity contribution < 1.29 is 24.2 Å². The molecule has 0 heterocycles. The molecule has 0 aliphatic heterocycles. The van der Waals surface area contributed by atoms with Gasteiger partial charge in [-0.05, 0) is 64.0 Å². The third kappa shape index (κ3) is 32.6. The van der Waals surface area contributed by atoms with E-state index in [1.165, 1.54) is 83.5 Å². The van der Waals surface area contributed by atoms with E-state index < -0.39 is 0 Å². The number of hydrogen-bond donors (Lipinski definition) is 1. The summed E-state index contributed by atoms with van der Waals surface area (Å²) < 4.78 is 10.9. The number of ether oxygens (including phenoxy) is 2. The summed E-state index contributed by atoms with van der Waals surface area (Å²) in [5.41, 5.74) is 0. The van der Waals surface area contributed by atoms with E-state index in [4.69, 9.17) is 9.47 Å². The van der Waals surface area contributed by atoms with E-state index in [-0.39, 0.29) is 24.5 Å². The second-order valence-corrected chi connectivity index (χ2v) is 14.0. The third-order valence-electron chi connectivity index (χ3n) is 8.93. The molecule has 0 aliphatic carbocycles. The lowest BCUT2D eigenvalue weighted by molar-refractivity contribution is -0.148. The smallest absolute Gasteiger partial charge is 0.308 e. The van der Waals surface area contributed by atoms with Gasteiger partial charge in [0.2, 0.25) is 0 Å². The largest absolute Gasteiger partial charge is 0.466 e. The minimum Gasteiger partial charge on any atom is -0.466 e. The van der Waals surface area contributed by atoms with Crippen LogP contribution in [0.15, 0.2) is 0 Å². The molecule has 0 aliphatic rings. The molecule has 0 rings (SSSR count). The Morgan fingerprint density at radius 2 is 1.02 bits per heavy atom. The molecule has 0 radical (unpaired) electrons. The first-order valence-electron chi connectivity index (χ1n) is 19.6. The van der Waals surface area contributed by atoms with Gasteiger partial charge in [0.25, 0.3) is 0 Å². The molecule has 268 valence electrons. The standard InChI is InChI=1S/C39H77NO5/c1-5-6-7-8-9-17-25-35-45-39(43)37(4)28-20-14-16-23-31-40(32-26-33-41)30-22-15-10-13-21-29-38(42)44-34-24-18-11-12-19-27-36(2)3/h36-37,41H,5-35H2,1-4H3. The minimum absolute atomic E-state index is 0.000353. The Kier molecular flexibility index (Phi) is 33.3. The fourth-order valence-corrected chi connectivity index (χ4v) is 5.84. The Balaban J connectivity index is 3.74. The number of carbonyl (C=O) groups excluding carboxylic acids is 2. The summed E-state index contributed by atoms with van der Waals surface area (Å²) in [6.45, 7) is 13.3. The van der Waals surface area contributed by atoms with Crippen molar-refractivity contribution in [1.82, 2.24) is 4.90 Å². The molecule has 6 heteroatoms. The average Bonchev–Trinajstić information content (AvgIpc) is 3.02. The Hall–Kier alpha value is -1.14. The monoisotopic (exact) mass is 640 g/mol. The van der Waals surface area contributed by atoms with E-state index in [0.29, 0.717) is 19.6 Å². The molecule has 1 N–H and O–H groups in total. The van der Waals surface area contributed by atoms with Crippen LogP contribution in [0.5, 0.6) is 0 Å². The molecular formula is C39H77NO5. The summed E-state index contributed by atoms with van der Waals surface area (Å²) >= 11 is 0. The van der Waals surface area contributed by atoms with Crippen LogP contribution in [0.1, 0.15) is 188 Å². The van der Waals surface area contributed by atoms with Crippen molar-refractivity contribution in [3.8, 4) is 0 Å². The number of unbranched alkanes of at least 4 members (excludes halogenated alkanes) is 17. The van der Waals surface area contributed by atoms with Crippen LogP contribution in [-0.2, 0) is 19.1 Å². The first-order valence-corrected chi connectivity index (χ1v) is 19.6. The van der Waals surface area contributed by atoms with Gasteiger partial charge in [0.05, 0.1) is 19.1 Å². The molecule has 0 aromatic carbocycles. The maximum absolute atomic E-state index is 12.3. The van der Waals surface area contributed by atoms with Crippen LogP contribution in [0, 0.1) is 11.8 Å². The fourth-order valence-electron chi connectivity index (χ4n) is 5.84. The first-order chi connectivity index (χ1) is 21.9. The van der Waals surface area contributed by atoms with Crippen molar-refractivity contribution in [1.29, 1.82) is 0 Å². The SMILES string of the molecule is CCCCCCCCCOC(=O)C(C)CCCCCCN(CCCO)CCCCCCCC(=O)OCCCCCCCC(C)C. The molecule has 0 amide bonds. The topological polar surface area (TPSA) is 76.1 Å².